The average Bonchev–Trinajstić information content (AvgIpc) is 3.37. The molecule has 0 atom stereocenters. The first-order valence-corrected chi connectivity index (χ1v) is 12.0. The van der Waals surface area contributed by atoms with Gasteiger partial charge in [0.1, 0.15) is 5.00 Å². The van der Waals surface area contributed by atoms with E-state index in [1.807, 2.05) is 0 Å². The van der Waals surface area contributed by atoms with Crippen LogP contribution < -0.4 is 10.6 Å². The number of thioether (sulfide) groups is 1. The molecule has 0 saturated heterocycles. The molecular weight excluding hydrogens is 478 g/mol. The van der Waals surface area contributed by atoms with Crippen LogP contribution in [0.2, 0.25) is 0 Å². The Morgan fingerprint density at radius 2 is 1.82 bits per heavy atom. The van der Waals surface area contributed by atoms with Gasteiger partial charge in [-0.15, -0.1) is 16.4 Å². The van der Waals surface area contributed by atoms with Crippen LogP contribution in [0.3, 0.4) is 0 Å². The van der Waals surface area contributed by atoms with Crippen LogP contribution in [0.5, 0.6) is 0 Å². The third kappa shape index (κ3) is 6.08. The van der Waals surface area contributed by atoms with E-state index in [9.17, 15) is 19.2 Å². The third-order valence-electron chi connectivity index (χ3n) is 4.48. The monoisotopic (exact) mass is 501 g/mol. The van der Waals surface area contributed by atoms with Crippen molar-refractivity contribution in [1.82, 2.24) is 15.2 Å². The maximum atomic E-state index is 12.5. The lowest BCUT2D eigenvalue weighted by atomic mass is 10.1. The molecule has 2 amide bonds. The first kappa shape index (κ1) is 25.1. The van der Waals surface area contributed by atoms with Gasteiger partial charge in [-0.2, -0.15) is 0 Å². The number of thiophene rings is 1. The van der Waals surface area contributed by atoms with Crippen LogP contribution in [-0.2, 0) is 14.3 Å². The zero-order valence-corrected chi connectivity index (χ0v) is 20.6. The van der Waals surface area contributed by atoms with Crippen molar-refractivity contribution >= 4 is 57.4 Å². The van der Waals surface area contributed by atoms with Crippen LogP contribution >= 0.6 is 23.1 Å². The molecular formula is C22H23N5O5S2. The van der Waals surface area contributed by atoms with Gasteiger partial charge in [0, 0.05) is 18.2 Å². The molecule has 0 spiro atoms. The van der Waals surface area contributed by atoms with Crippen molar-refractivity contribution in [3.8, 4) is 11.4 Å². The molecule has 2 heterocycles. The highest BCUT2D eigenvalue weighted by Gasteiger charge is 2.25. The Morgan fingerprint density at radius 1 is 1.12 bits per heavy atom. The number of amides is 2. The number of carbonyl (C=O) groups is 4. The van der Waals surface area contributed by atoms with Crippen LogP contribution in [-0.4, -0.2) is 51.1 Å². The van der Waals surface area contributed by atoms with Crippen molar-refractivity contribution in [2.45, 2.75) is 32.9 Å². The van der Waals surface area contributed by atoms with Gasteiger partial charge in [0.2, 0.25) is 17.0 Å². The van der Waals surface area contributed by atoms with Crippen LogP contribution in [0, 0.1) is 6.92 Å². The molecule has 0 unspecified atom stereocenters. The molecule has 0 bridgehead atoms. The molecule has 2 aromatic heterocycles. The van der Waals surface area contributed by atoms with Gasteiger partial charge in [-0.1, -0.05) is 11.8 Å². The van der Waals surface area contributed by atoms with Gasteiger partial charge >= 0.3 is 5.97 Å². The lowest BCUT2D eigenvalue weighted by Gasteiger charge is -2.06. The minimum atomic E-state index is -0.588. The molecule has 0 aliphatic rings. The molecule has 10 nitrogen and oxygen atoms in total. The topological polar surface area (TPSA) is 143 Å². The summed E-state index contributed by atoms with van der Waals surface area (Å²) in [5.74, 6) is -0.808. The number of Topliss-reactive ketones (excluding diaryl/α,β-unsaturated/α-hetero) is 1. The number of nitrogens with zero attached hydrogens (tertiary/aromatic N) is 2. The Labute approximate surface area is 203 Å². The predicted molar refractivity (Wildman–Crippen MR) is 130 cm³/mol. The number of nitrogens with one attached hydrogen (secondary N) is 3. The third-order valence-corrected chi connectivity index (χ3v) is 6.63. The first-order chi connectivity index (χ1) is 16.2. The number of hydrogen-bond acceptors (Lipinski definition) is 9. The summed E-state index contributed by atoms with van der Waals surface area (Å²) >= 11 is 2.16. The number of esters is 1. The van der Waals surface area contributed by atoms with Crippen LogP contribution in [0.15, 0.2) is 29.4 Å². The highest BCUT2D eigenvalue weighted by atomic mass is 32.2. The normalized spacial score (nSPS) is 10.6. The van der Waals surface area contributed by atoms with Gasteiger partial charge in [-0.25, -0.2) is 9.78 Å². The molecule has 3 N–H and O–H groups in total. The largest absolute Gasteiger partial charge is 0.462 e. The van der Waals surface area contributed by atoms with Crippen molar-refractivity contribution in [2.24, 2.45) is 0 Å². The summed E-state index contributed by atoms with van der Waals surface area (Å²) in [6.07, 6.45) is 0. The molecule has 1 aromatic carbocycles. The van der Waals surface area contributed by atoms with Crippen molar-refractivity contribution in [2.75, 3.05) is 23.0 Å². The number of benzene rings is 1. The van der Waals surface area contributed by atoms with Gasteiger partial charge in [0.15, 0.2) is 11.6 Å². The van der Waals surface area contributed by atoms with Gasteiger partial charge in [-0.3, -0.25) is 19.5 Å². The van der Waals surface area contributed by atoms with Crippen molar-refractivity contribution in [3.63, 3.8) is 0 Å². The predicted octanol–water partition coefficient (Wildman–Crippen LogP) is 3.91. The Kier molecular flexibility index (Phi) is 8.18. The second-order valence-electron chi connectivity index (χ2n) is 7.10. The minimum absolute atomic E-state index is 0.00657. The Bertz CT molecular complexity index is 1230. The van der Waals surface area contributed by atoms with E-state index in [0.29, 0.717) is 27.1 Å². The van der Waals surface area contributed by atoms with Gasteiger partial charge in [-0.05, 0) is 50.6 Å². The second kappa shape index (κ2) is 11.1. The number of carbonyl (C=O) groups excluding carboxylic acids is 4. The van der Waals surface area contributed by atoms with E-state index in [1.54, 1.807) is 38.1 Å². The maximum absolute atomic E-state index is 12.5. The van der Waals surface area contributed by atoms with Gasteiger partial charge < -0.3 is 15.4 Å². The number of ketones is 1. The quantitative estimate of drug-likeness (QED) is 0.227. The van der Waals surface area contributed by atoms with Crippen molar-refractivity contribution in [3.05, 3.63) is 40.3 Å². The van der Waals surface area contributed by atoms with Crippen LogP contribution in [0.25, 0.3) is 11.4 Å². The zero-order chi connectivity index (χ0) is 24.8. The lowest BCUT2D eigenvalue weighted by Crippen LogP contribution is -2.16. The van der Waals surface area contributed by atoms with Crippen LogP contribution in [0.1, 0.15) is 46.4 Å². The number of hydrogen-bond donors (Lipinski definition) is 3. The molecule has 178 valence electrons. The number of aromatic nitrogens is 3. The molecule has 0 radical (unpaired) electrons. The van der Waals surface area contributed by atoms with E-state index in [1.165, 1.54) is 13.8 Å². The number of H-pyrrole nitrogens is 1. The first-order valence-electron chi connectivity index (χ1n) is 10.2. The number of rotatable bonds is 9. The Morgan fingerprint density at radius 3 is 2.44 bits per heavy atom. The highest BCUT2D eigenvalue weighted by Crippen LogP contribution is 2.34. The summed E-state index contributed by atoms with van der Waals surface area (Å²) in [6, 6.07) is 7.07. The van der Waals surface area contributed by atoms with E-state index in [0.717, 1.165) is 28.7 Å². The molecule has 3 aromatic rings. The molecule has 0 aliphatic heterocycles. The van der Waals surface area contributed by atoms with E-state index in [2.05, 4.69) is 25.8 Å². The summed E-state index contributed by atoms with van der Waals surface area (Å²) in [6.45, 7) is 6.35. The summed E-state index contributed by atoms with van der Waals surface area (Å²) in [7, 11) is 0. The smallest absolute Gasteiger partial charge is 0.341 e. The number of ether oxygens (including phenoxy) is 1. The van der Waals surface area contributed by atoms with Gasteiger partial charge in [0.05, 0.1) is 22.8 Å². The average molecular weight is 502 g/mol. The standard InChI is InChI=1S/C22H23N5O5S2/c1-5-32-21(31)17-11(2)18(12(3)28)34-20(17)24-16(30)10-33-22-25-19(26-27-22)14-6-8-15(9-7-14)23-13(4)29/h6-9H,5,10H2,1-4H3,(H,23,29)(H,24,30)(H,25,26,27). The highest BCUT2D eigenvalue weighted by molar-refractivity contribution is 7.99. The lowest BCUT2D eigenvalue weighted by molar-refractivity contribution is -0.114. The van der Waals surface area contributed by atoms with E-state index in [4.69, 9.17) is 4.74 Å². The van der Waals surface area contributed by atoms with Crippen molar-refractivity contribution < 1.29 is 23.9 Å². The Hall–Kier alpha value is -3.51. The second-order valence-corrected chi connectivity index (χ2v) is 9.06. The van der Waals surface area contributed by atoms with E-state index >= 15 is 0 Å². The van der Waals surface area contributed by atoms with E-state index in [-0.39, 0.29) is 40.5 Å². The summed E-state index contributed by atoms with van der Waals surface area (Å²) in [5.41, 5.74) is 2.11. The van der Waals surface area contributed by atoms with Gasteiger partial charge in [0.25, 0.3) is 0 Å². The maximum Gasteiger partial charge on any atom is 0.341 e. The molecule has 0 aliphatic carbocycles. The molecule has 12 heteroatoms. The summed E-state index contributed by atoms with van der Waals surface area (Å²) in [4.78, 5) is 52.7. The number of aromatic amines is 1. The fourth-order valence-electron chi connectivity index (χ4n) is 3.03. The van der Waals surface area contributed by atoms with Crippen LogP contribution in [0.4, 0.5) is 10.7 Å². The molecule has 0 fully saturated rings. The minimum Gasteiger partial charge on any atom is -0.462 e. The number of anilines is 2. The fraction of sp³-hybridized carbons (Fsp3) is 0.273. The SMILES string of the molecule is CCOC(=O)c1c(NC(=O)CSc2n[nH]c(-c3ccc(NC(C)=O)cc3)n2)sc(C(C)=O)c1C. The summed E-state index contributed by atoms with van der Waals surface area (Å²) < 4.78 is 5.08. The zero-order valence-electron chi connectivity index (χ0n) is 19.0. The van der Waals surface area contributed by atoms with Crippen molar-refractivity contribution in [1.29, 1.82) is 0 Å². The van der Waals surface area contributed by atoms with E-state index < -0.39 is 5.97 Å². The fourth-order valence-corrected chi connectivity index (χ4v) is 4.74. The summed E-state index contributed by atoms with van der Waals surface area (Å²) in [5, 5.41) is 13.0. The molecule has 0 saturated carbocycles. The molecule has 34 heavy (non-hydrogen) atoms. The molecule has 3 rings (SSSR count). The Balaban J connectivity index is 1.65.